The predicted molar refractivity (Wildman–Crippen MR) is 18.6 cm³/mol. The van der Waals surface area contributed by atoms with Gasteiger partial charge in [-0.2, -0.15) is 6.92 Å². The van der Waals surface area contributed by atoms with Gasteiger partial charge in [-0.05, 0) is 0 Å². The summed E-state index contributed by atoms with van der Waals surface area (Å²) in [5.41, 5.74) is 0. The molecule has 0 spiro atoms. The van der Waals surface area contributed by atoms with Crippen molar-refractivity contribution in [3.05, 3.63) is 14.4 Å². The van der Waals surface area contributed by atoms with Gasteiger partial charge in [0, 0.05) is 0 Å². The summed E-state index contributed by atoms with van der Waals surface area (Å²) in [6.07, 6.45) is 0. The topological polar surface area (TPSA) is 0 Å². The monoisotopic (exact) mass is 115 g/mol. The largest absolute Gasteiger partial charge is 2.00 e. The van der Waals surface area contributed by atoms with Crippen LogP contribution in [-0.2, 0) is 17.1 Å². The van der Waals surface area contributed by atoms with Crippen LogP contribution < -0.4 is 18.9 Å². The van der Waals surface area contributed by atoms with E-state index in [9.17, 15) is 0 Å². The van der Waals surface area contributed by atoms with Gasteiger partial charge >= 0.3 is 35.9 Å². The van der Waals surface area contributed by atoms with E-state index in [-0.39, 0.29) is 44.8 Å². The molecule has 0 bridgehead atoms. The van der Waals surface area contributed by atoms with Crippen molar-refractivity contribution in [1.82, 2.24) is 0 Å². The second kappa shape index (κ2) is 69.5. The molecule has 0 N–H and O–H groups in total. The van der Waals surface area contributed by atoms with Crippen molar-refractivity contribution in [3.63, 3.8) is 0 Å². The van der Waals surface area contributed by atoms with Crippen LogP contribution in [0.3, 0.4) is 0 Å². The van der Waals surface area contributed by atoms with Crippen LogP contribution in [0.4, 0.5) is 0 Å². The maximum absolute atomic E-state index is 3.25. The molecule has 1 radical (unpaired) electrons. The van der Waals surface area contributed by atoms with Gasteiger partial charge in [0.05, 0.1) is 0 Å². The molecule has 0 unspecified atom stereocenters. The van der Waals surface area contributed by atoms with Crippen LogP contribution in [0.25, 0.3) is 0 Å². The summed E-state index contributed by atoms with van der Waals surface area (Å²) < 4.78 is 0. The Labute approximate surface area is 58.9 Å². The molecule has 0 aliphatic heterocycles. The van der Waals surface area contributed by atoms with Crippen LogP contribution in [0, 0.1) is 14.4 Å². The zero-order valence-corrected chi connectivity index (χ0v) is 4.95. The Morgan fingerprint density at radius 2 is 1.40 bits per heavy atom. The molecule has 0 saturated heterocycles. The molecule has 0 rings (SSSR count). The van der Waals surface area contributed by atoms with E-state index in [1.807, 2.05) is 0 Å². The molecule has 0 aliphatic rings. The molecule has 0 aromatic heterocycles. The van der Waals surface area contributed by atoms with E-state index in [0.29, 0.717) is 0 Å². The van der Waals surface area contributed by atoms with E-state index in [1.54, 1.807) is 6.92 Å². The average molecular weight is 116 g/mol. The molecule has 0 nitrogen and oxygen atoms in total. The Hall–Kier alpha value is 1.12. The van der Waals surface area contributed by atoms with Gasteiger partial charge in [-0.3, -0.25) is 0 Å². The summed E-state index contributed by atoms with van der Waals surface area (Å²) in [5, 5.41) is 0. The first-order valence-electron chi connectivity index (χ1n) is 0.707. The van der Waals surface area contributed by atoms with Gasteiger partial charge in [0.2, 0.25) is 0 Å². The van der Waals surface area contributed by atoms with Crippen molar-refractivity contribution in [2.45, 2.75) is 6.92 Å². The third-order valence-corrected chi connectivity index (χ3v) is 0. The smallest absolute Gasteiger partial charge is 1.00 e. The Balaban J connectivity index is -0.000000000833. The van der Waals surface area contributed by atoms with Gasteiger partial charge < -0.3 is 15.8 Å². The van der Waals surface area contributed by atoms with Crippen molar-refractivity contribution in [2.24, 2.45) is 0 Å². The van der Waals surface area contributed by atoms with E-state index in [0.717, 1.165) is 0 Å². The predicted octanol–water partition coefficient (Wildman–Crippen LogP) is -1.60. The maximum atomic E-state index is 3.25. The fraction of sp³-hybridized carbons (Fsp3) is 0.333. The fourth-order valence-corrected chi connectivity index (χ4v) is 0. The standard InChI is InChI=1S/C2H5.CH3.Cu.Li.H/c1-2;;;;/h1H2,2H3;1H3;;;/q2*-1;+2;+1;-1. The van der Waals surface area contributed by atoms with Gasteiger partial charge in [-0.1, -0.05) is 0 Å². The Morgan fingerprint density at radius 1 is 1.40 bits per heavy atom. The van der Waals surface area contributed by atoms with E-state index in [2.05, 4.69) is 6.92 Å². The number of hydrogen-bond acceptors (Lipinski definition) is 0. The quantitative estimate of drug-likeness (QED) is 0.264. The second-order valence-electron chi connectivity index (χ2n) is 0. The molecule has 33 valence electrons. The Morgan fingerprint density at radius 3 is 1.40 bits per heavy atom. The second-order valence-corrected chi connectivity index (χ2v) is 0. The first-order chi connectivity index (χ1) is 1.00. The summed E-state index contributed by atoms with van der Waals surface area (Å²) in [6.45, 7) is 5.00. The van der Waals surface area contributed by atoms with Crippen LogP contribution >= 0.6 is 0 Å². The molecule has 0 amide bonds. The van der Waals surface area contributed by atoms with Gasteiger partial charge in [-0.15, -0.1) is 0 Å². The first kappa shape index (κ1) is 35.7. The third-order valence-electron chi connectivity index (χ3n) is 0. The van der Waals surface area contributed by atoms with Crippen LogP contribution in [0.1, 0.15) is 8.35 Å². The molecule has 0 aromatic carbocycles. The Bertz CT molecular complexity index is 10.8. The van der Waals surface area contributed by atoms with Gasteiger partial charge in [0.15, 0.2) is 0 Å². The van der Waals surface area contributed by atoms with Gasteiger partial charge in [0.1, 0.15) is 0 Å². The minimum atomic E-state index is 0. The summed E-state index contributed by atoms with van der Waals surface area (Å²) >= 11 is 0. The fourth-order valence-electron chi connectivity index (χ4n) is 0. The van der Waals surface area contributed by atoms with Crippen LogP contribution in [0.15, 0.2) is 0 Å². The molecule has 0 aliphatic carbocycles. The number of hydrogen-bond donors (Lipinski definition) is 0. The first-order valence-corrected chi connectivity index (χ1v) is 0.707. The normalized spacial score (nSPS) is 1.20. The molecule has 0 saturated carbocycles. The van der Waals surface area contributed by atoms with Crippen molar-refractivity contribution in [2.75, 3.05) is 0 Å². The molecule has 0 heterocycles. The van der Waals surface area contributed by atoms with Gasteiger partial charge in [-0.25, -0.2) is 0 Å². The SMILES string of the molecule is [CH2-]C.[CH3-].[Cu+2].[H-].[Li+]. The maximum Gasteiger partial charge on any atom is 2.00 e. The molecular weight excluding hydrogens is 107 g/mol. The van der Waals surface area contributed by atoms with Crippen LogP contribution in [-0.4, -0.2) is 0 Å². The molecule has 2 heteroatoms. The van der Waals surface area contributed by atoms with E-state index < -0.39 is 0 Å². The molecular formula is C3H9CuLi. The van der Waals surface area contributed by atoms with E-state index in [1.165, 1.54) is 0 Å². The van der Waals surface area contributed by atoms with Crippen LogP contribution in [0.2, 0.25) is 0 Å². The zero-order valence-electron chi connectivity index (χ0n) is 5.01. The summed E-state index contributed by atoms with van der Waals surface area (Å²) in [7, 11) is 0. The summed E-state index contributed by atoms with van der Waals surface area (Å²) in [4.78, 5) is 0. The van der Waals surface area contributed by atoms with Crippen molar-refractivity contribution < 1.29 is 37.4 Å². The minimum absolute atomic E-state index is 0. The minimum Gasteiger partial charge on any atom is -1.00 e. The molecule has 0 aromatic rings. The van der Waals surface area contributed by atoms with E-state index in [4.69, 9.17) is 0 Å². The number of rotatable bonds is 0. The van der Waals surface area contributed by atoms with Crippen molar-refractivity contribution in [3.8, 4) is 0 Å². The van der Waals surface area contributed by atoms with Crippen molar-refractivity contribution >= 4 is 0 Å². The zero-order chi connectivity index (χ0) is 2.00. The third kappa shape index (κ3) is 39.9. The van der Waals surface area contributed by atoms with Crippen LogP contribution in [0.5, 0.6) is 0 Å². The van der Waals surface area contributed by atoms with Crippen molar-refractivity contribution in [1.29, 1.82) is 0 Å². The van der Waals surface area contributed by atoms with E-state index >= 15 is 0 Å². The van der Waals surface area contributed by atoms with Gasteiger partial charge in [0.25, 0.3) is 0 Å². The Kier molecular flexibility index (Phi) is 497. The summed E-state index contributed by atoms with van der Waals surface area (Å²) in [6, 6.07) is 0. The summed E-state index contributed by atoms with van der Waals surface area (Å²) in [5.74, 6) is 0. The molecule has 0 fully saturated rings. The molecule has 5 heavy (non-hydrogen) atoms. The average Bonchev–Trinajstić information content (AvgIpc) is 1.00. The molecule has 0 atom stereocenters.